The van der Waals surface area contributed by atoms with Crippen molar-refractivity contribution in [3.05, 3.63) is 65.2 Å². The van der Waals surface area contributed by atoms with Crippen LogP contribution in [0.25, 0.3) is 0 Å². The van der Waals surface area contributed by atoms with Crippen molar-refractivity contribution >= 4 is 17.8 Å². The molecule has 2 aromatic carbocycles. The van der Waals surface area contributed by atoms with E-state index in [4.69, 9.17) is 9.84 Å². The summed E-state index contributed by atoms with van der Waals surface area (Å²) < 4.78 is 5.17. The molecule has 1 aliphatic rings. The number of hydrogen-bond acceptors (Lipinski definition) is 4. The normalized spacial score (nSPS) is 16.0. The second-order valence-electron chi connectivity index (χ2n) is 5.54. The van der Waals surface area contributed by atoms with Crippen molar-refractivity contribution in [2.45, 2.75) is 18.9 Å². The summed E-state index contributed by atoms with van der Waals surface area (Å²) in [7, 11) is 0. The van der Waals surface area contributed by atoms with Gasteiger partial charge in [0.05, 0.1) is 12.0 Å². The van der Waals surface area contributed by atoms with Crippen molar-refractivity contribution in [1.82, 2.24) is 5.32 Å². The summed E-state index contributed by atoms with van der Waals surface area (Å²) >= 11 is 0. The van der Waals surface area contributed by atoms with E-state index in [1.165, 1.54) is 12.1 Å². The fraction of sp³-hybridized carbons (Fsp3) is 0.167. The first-order valence-electron chi connectivity index (χ1n) is 7.44. The molecule has 6 heteroatoms. The molecule has 1 aliphatic heterocycles. The highest BCUT2D eigenvalue weighted by atomic mass is 16.5. The Kier molecular flexibility index (Phi) is 4.29. The van der Waals surface area contributed by atoms with Crippen LogP contribution in [0.15, 0.2) is 48.5 Å². The SMILES string of the molecule is O=C(Cc1ccccc1)NC1Cc2ccc(C(=O)O)cc2OC1=O. The van der Waals surface area contributed by atoms with Gasteiger partial charge in [0, 0.05) is 6.42 Å². The number of benzene rings is 2. The first-order valence-corrected chi connectivity index (χ1v) is 7.44. The third-order valence-corrected chi connectivity index (χ3v) is 3.78. The van der Waals surface area contributed by atoms with Crippen molar-refractivity contribution in [3.63, 3.8) is 0 Å². The van der Waals surface area contributed by atoms with Gasteiger partial charge in [-0.15, -0.1) is 0 Å². The highest BCUT2D eigenvalue weighted by Crippen LogP contribution is 2.26. The van der Waals surface area contributed by atoms with E-state index in [-0.39, 0.29) is 30.1 Å². The van der Waals surface area contributed by atoms with Crippen LogP contribution in [0.3, 0.4) is 0 Å². The summed E-state index contributed by atoms with van der Waals surface area (Å²) in [6.45, 7) is 0. The predicted molar refractivity (Wildman–Crippen MR) is 84.8 cm³/mol. The van der Waals surface area contributed by atoms with Gasteiger partial charge in [-0.25, -0.2) is 9.59 Å². The van der Waals surface area contributed by atoms with Gasteiger partial charge < -0.3 is 15.2 Å². The van der Waals surface area contributed by atoms with E-state index < -0.39 is 18.0 Å². The molecule has 0 saturated carbocycles. The first kappa shape index (κ1) is 15.7. The minimum Gasteiger partial charge on any atom is -0.478 e. The van der Waals surface area contributed by atoms with E-state index in [1.807, 2.05) is 30.3 Å². The summed E-state index contributed by atoms with van der Waals surface area (Å²) in [4.78, 5) is 35.1. The third kappa shape index (κ3) is 3.43. The van der Waals surface area contributed by atoms with Crippen molar-refractivity contribution in [1.29, 1.82) is 0 Å². The zero-order chi connectivity index (χ0) is 17.1. The molecule has 0 aliphatic carbocycles. The standard InChI is InChI=1S/C18H15NO5/c20-16(8-11-4-2-1-3-5-11)19-14-9-12-6-7-13(17(21)22)10-15(12)24-18(14)23/h1-7,10,14H,8-9H2,(H,19,20)(H,21,22). The van der Waals surface area contributed by atoms with Gasteiger partial charge in [0.15, 0.2) is 0 Å². The second kappa shape index (κ2) is 6.54. The Morgan fingerprint density at radius 1 is 1.17 bits per heavy atom. The summed E-state index contributed by atoms with van der Waals surface area (Å²) in [5, 5.41) is 11.6. The van der Waals surface area contributed by atoms with Crippen LogP contribution in [-0.4, -0.2) is 29.0 Å². The zero-order valence-electron chi connectivity index (χ0n) is 12.7. The van der Waals surface area contributed by atoms with Gasteiger partial charge in [-0.3, -0.25) is 4.79 Å². The van der Waals surface area contributed by atoms with Gasteiger partial charge in [-0.05, 0) is 23.3 Å². The lowest BCUT2D eigenvalue weighted by Crippen LogP contribution is -2.47. The summed E-state index contributed by atoms with van der Waals surface area (Å²) in [5.74, 6) is -1.72. The Morgan fingerprint density at radius 2 is 1.92 bits per heavy atom. The quantitative estimate of drug-likeness (QED) is 0.657. The fourth-order valence-electron chi connectivity index (χ4n) is 2.57. The number of carbonyl (C=O) groups is 3. The number of fused-ring (bicyclic) bond motifs is 1. The Hall–Kier alpha value is -3.15. The topological polar surface area (TPSA) is 92.7 Å². The Bertz CT molecular complexity index is 800. The lowest BCUT2D eigenvalue weighted by atomic mass is 10.00. The maximum atomic E-state index is 12.1. The van der Waals surface area contributed by atoms with E-state index in [2.05, 4.69) is 5.32 Å². The Labute approximate surface area is 138 Å². The molecule has 0 aromatic heterocycles. The average molecular weight is 325 g/mol. The maximum absolute atomic E-state index is 12.1. The molecular weight excluding hydrogens is 310 g/mol. The van der Waals surface area contributed by atoms with Crippen LogP contribution >= 0.6 is 0 Å². The molecule has 1 unspecified atom stereocenters. The Balaban J connectivity index is 1.69. The van der Waals surface area contributed by atoms with E-state index in [0.29, 0.717) is 5.56 Å². The van der Waals surface area contributed by atoms with Gasteiger partial charge in [-0.2, -0.15) is 0 Å². The van der Waals surface area contributed by atoms with Gasteiger partial charge in [0.25, 0.3) is 0 Å². The molecule has 3 rings (SSSR count). The summed E-state index contributed by atoms with van der Waals surface area (Å²) in [5.41, 5.74) is 1.59. The molecule has 24 heavy (non-hydrogen) atoms. The molecule has 0 bridgehead atoms. The smallest absolute Gasteiger partial charge is 0.335 e. The highest BCUT2D eigenvalue weighted by molar-refractivity contribution is 5.91. The molecule has 122 valence electrons. The number of carbonyl (C=O) groups excluding carboxylic acids is 2. The molecule has 2 N–H and O–H groups in total. The van der Waals surface area contributed by atoms with E-state index in [0.717, 1.165) is 5.56 Å². The van der Waals surface area contributed by atoms with Crippen molar-refractivity contribution in [3.8, 4) is 5.75 Å². The number of esters is 1. The molecule has 0 fully saturated rings. The lowest BCUT2D eigenvalue weighted by molar-refractivity contribution is -0.140. The third-order valence-electron chi connectivity index (χ3n) is 3.78. The Morgan fingerprint density at radius 3 is 2.62 bits per heavy atom. The molecule has 0 saturated heterocycles. The minimum atomic E-state index is -1.09. The van der Waals surface area contributed by atoms with Crippen LogP contribution in [0.1, 0.15) is 21.5 Å². The molecule has 1 amide bonds. The number of nitrogens with one attached hydrogen (secondary N) is 1. The number of hydrogen-bond donors (Lipinski definition) is 2. The summed E-state index contributed by atoms with van der Waals surface area (Å²) in [6.07, 6.45) is 0.448. The number of amides is 1. The van der Waals surface area contributed by atoms with Crippen molar-refractivity contribution in [2.24, 2.45) is 0 Å². The molecule has 1 heterocycles. The maximum Gasteiger partial charge on any atom is 0.335 e. The second-order valence-corrected chi connectivity index (χ2v) is 5.54. The molecule has 6 nitrogen and oxygen atoms in total. The number of carboxylic acids is 1. The van der Waals surface area contributed by atoms with Crippen LogP contribution < -0.4 is 10.1 Å². The molecular formula is C18H15NO5. The van der Waals surface area contributed by atoms with Crippen molar-refractivity contribution in [2.75, 3.05) is 0 Å². The van der Waals surface area contributed by atoms with Gasteiger partial charge in [0.2, 0.25) is 5.91 Å². The molecule has 2 aromatic rings. The lowest BCUT2D eigenvalue weighted by Gasteiger charge is -2.24. The summed E-state index contributed by atoms with van der Waals surface area (Å²) in [6, 6.07) is 12.8. The molecule has 1 atom stereocenters. The van der Waals surface area contributed by atoms with Crippen molar-refractivity contribution < 1.29 is 24.2 Å². The van der Waals surface area contributed by atoms with Crippen LogP contribution in [0.5, 0.6) is 5.75 Å². The van der Waals surface area contributed by atoms with E-state index in [9.17, 15) is 14.4 Å². The number of rotatable bonds is 4. The minimum absolute atomic E-state index is 0.0492. The van der Waals surface area contributed by atoms with Gasteiger partial charge >= 0.3 is 11.9 Å². The zero-order valence-corrected chi connectivity index (χ0v) is 12.7. The van der Waals surface area contributed by atoms with E-state index in [1.54, 1.807) is 6.07 Å². The monoisotopic (exact) mass is 325 g/mol. The molecule has 0 radical (unpaired) electrons. The van der Waals surface area contributed by atoms with Gasteiger partial charge in [0.1, 0.15) is 11.8 Å². The largest absolute Gasteiger partial charge is 0.478 e. The number of carboxylic acid groups (broad SMARTS) is 1. The van der Waals surface area contributed by atoms with E-state index >= 15 is 0 Å². The average Bonchev–Trinajstić information content (AvgIpc) is 2.56. The number of ether oxygens (including phenoxy) is 1. The van der Waals surface area contributed by atoms with Crippen LogP contribution in [0, 0.1) is 0 Å². The number of aromatic carboxylic acids is 1. The predicted octanol–water partition coefficient (Wildman–Crippen LogP) is 1.57. The van der Waals surface area contributed by atoms with Gasteiger partial charge in [-0.1, -0.05) is 36.4 Å². The van der Waals surface area contributed by atoms with Crippen LogP contribution in [-0.2, 0) is 22.4 Å². The van der Waals surface area contributed by atoms with Crippen LogP contribution in [0.2, 0.25) is 0 Å². The first-order chi connectivity index (χ1) is 11.5. The molecule has 0 spiro atoms. The highest BCUT2D eigenvalue weighted by Gasteiger charge is 2.30. The van der Waals surface area contributed by atoms with Crippen LogP contribution in [0.4, 0.5) is 0 Å². The fourth-order valence-corrected chi connectivity index (χ4v) is 2.57.